The van der Waals surface area contributed by atoms with Gasteiger partial charge in [0.1, 0.15) is 29.7 Å². The Morgan fingerprint density at radius 3 is 2.39 bits per heavy atom. The predicted octanol–water partition coefficient (Wildman–Crippen LogP) is 4.62. The first-order chi connectivity index (χ1) is 13.7. The molecular weight excluding hydrogens is 352 g/mol. The van der Waals surface area contributed by atoms with Gasteiger partial charge in [0.15, 0.2) is 0 Å². The van der Waals surface area contributed by atoms with E-state index in [1.807, 2.05) is 84.4 Å². The molecule has 0 bridgehead atoms. The second-order valence-corrected chi connectivity index (χ2v) is 6.87. The van der Waals surface area contributed by atoms with Crippen LogP contribution in [0.25, 0.3) is 5.65 Å². The Hall–Kier alpha value is -3.60. The summed E-state index contributed by atoms with van der Waals surface area (Å²) in [6.45, 7) is 2.13. The maximum atomic E-state index is 13.1. The van der Waals surface area contributed by atoms with E-state index in [1.165, 1.54) is 0 Å². The van der Waals surface area contributed by atoms with E-state index in [0.29, 0.717) is 11.5 Å². The molecule has 28 heavy (non-hydrogen) atoms. The lowest BCUT2D eigenvalue weighted by Gasteiger charge is -2.26. The van der Waals surface area contributed by atoms with E-state index < -0.39 is 5.92 Å². The van der Waals surface area contributed by atoms with Gasteiger partial charge < -0.3 is 13.9 Å². The molecule has 0 fully saturated rings. The number of para-hydroxylation sites is 2. The highest BCUT2D eigenvalue weighted by atomic mass is 16.5. The quantitative estimate of drug-likeness (QED) is 0.494. The zero-order valence-electron chi connectivity index (χ0n) is 15.3. The number of ether oxygens (including phenoxy) is 2. The molecule has 3 heterocycles. The van der Waals surface area contributed by atoms with Crippen molar-refractivity contribution in [2.24, 2.45) is 0 Å². The molecule has 0 saturated carbocycles. The number of aryl methyl sites for hydroxylation is 1. The van der Waals surface area contributed by atoms with Gasteiger partial charge in [-0.25, -0.2) is 4.98 Å². The van der Waals surface area contributed by atoms with Crippen LogP contribution in [0.4, 0.5) is 0 Å². The van der Waals surface area contributed by atoms with Crippen molar-refractivity contribution >= 4 is 11.6 Å². The van der Waals surface area contributed by atoms with E-state index in [-0.39, 0.29) is 12.6 Å². The maximum absolute atomic E-state index is 13.1. The summed E-state index contributed by atoms with van der Waals surface area (Å²) < 4.78 is 13.6. The normalized spacial score (nSPS) is 12.9. The predicted molar refractivity (Wildman–Crippen MR) is 105 cm³/mol. The molecule has 1 aliphatic heterocycles. The summed E-state index contributed by atoms with van der Waals surface area (Å²) in [6, 6.07) is 19.1. The summed E-state index contributed by atoms with van der Waals surface area (Å²) in [5, 5.41) is 0. The summed E-state index contributed by atoms with van der Waals surface area (Å²) >= 11 is 0. The third kappa shape index (κ3) is 2.72. The third-order valence-electron chi connectivity index (χ3n) is 5.01. The van der Waals surface area contributed by atoms with Crippen LogP contribution in [0, 0.1) is 6.92 Å². The van der Waals surface area contributed by atoms with Crippen LogP contribution in [0.5, 0.6) is 11.5 Å². The molecule has 2 aromatic carbocycles. The van der Waals surface area contributed by atoms with Crippen molar-refractivity contribution in [3.05, 3.63) is 95.4 Å². The number of hydrogen-bond acceptors (Lipinski definition) is 4. The Balaban J connectivity index is 1.44. The highest BCUT2D eigenvalue weighted by Crippen LogP contribution is 2.44. The number of imidazole rings is 1. The summed E-state index contributed by atoms with van der Waals surface area (Å²) in [7, 11) is 0. The minimum atomic E-state index is -0.514. The Bertz CT molecular complexity index is 1150. The minimum absolute atomic E-state index is 0.127. The Morgan fingerprint density at radius 1 is 1.04 bits per heavy atom. The summed E-state index contributed by atoms with van der Waals surface area (Å²) in [5.41, 5.74) is 4.30. The van der Waals surface area contributed by atoms with Gasteiger partial charge in [0, 0.05) is 23.5 Å². The molecular formula is C23H18N2O3. The van der Waals surface area contributed by atoms with Crippen molar-refractivity contribution in [3.8, 4) is 11.5 Å². The number of benzene rings is 2. The first kappa shape index (κ1) is 16.6. The molecule has 5 heteroatoms. The SMILES string of the molecule is Cc1cccn2cc(COC(=O)C3c4ccccc4Oc4ccccc43)nc12. The minimum Gasteiger partial charge on any atom is -0.458 e. The molecule has 0 saturated heterocycles. The molecule has 138 valence electrons. The van der Waals surface area contributed by atoms with Crippen LogP contribution in [0.1, 0.15) is 28.3 Å². The number of rotatable bonds is 3. The molecule has 2 aromatic heterocycles. The third-order valence-corrected chi connectivity index (χ3v) is 5.01. The zero-order chi connectivity index (χ0) is 19.1. The van der Waals surface area contributed by atoms with Crippen molar-refractivity contribution in [1.82, 2.24) is 9.38 Å². The number of fused-ring (bicyclic) bond motifs is 3. The number of hydrogen-bond donors (Lipinski definition) is 0. The summed E-state index contributed by atoms with van der Waals surface area (Å²) in [4.78, 5) is 17.6. The van der Waals surface area contributed by atoms with Crippen LogP contribution in [0.15, 0.2) is 73.1 Å². The highest BCUT2D eigenvalue weighted by Gasteiger charge is 2.33. The van der Waals surface area contributed by atoms with E-state index >= 15 is 0 Å². The lowest BCUT2D eigenvalue weighted by Crippen LogP contribution is -2.21. The fourth-order valence-electron chi connectivity index (χ4n) is 3.67. The second kappa shape index (κ2) is 6.53. The van der Waals surface area contributed by atoms with E-state index in [2.05, 4.69) is 4.98 Å². The highest BCUT2D eigenvalue weighted by molar-refractivity contribution is 5.85. The first-order valence-electron chi connectivity index (χ1n) is 9.16. The summed E-state index contributed by atoms with van der Waals surface area (Å²) in [6.07, 6.45) is 3.83. The Kier molecular flexibility index (Phi) is 3.86. The van der Waals surface area contributed by atoms with Crippen LogP contribution in [-0.4, -0.2) is 15.4 Å². The van der Waals surface area contributed by atoms with Gasteiger partial charge in [0.2, 0.25) is 0 Å². The number of carbonyl (C=O) groups is 1. The molecule has 0 amide bonds. The summed E-state index contributed by atoms with van der Waals surface area (Å²) in [5.74, 6) is 0.551. The van der Waals surface area contributed by atoms with Crippen molar-refractivity contribution < 1.29 is 14.3 Å². The van der Waals surface area contributed by atoms with E-state index in [1.54, 1.807) is 0 Å². The largest absolute Gasteiger partial charge is 0.458 e. The van der Waals surface area contributed by atoms with E-state index in [0.717, 1.165) is 28.0 Å². The lowest BCUT2D eigenvalue weighted by atomic mass is 9.88. The van der Waals surface area contributed by atoms with Crippen molar-refractivity contribution in [2.45, 2.75) is 19.4 Å². The lowest BCUT2D eigenvalue weighted by molar-refractivity contribution is -0.146. The molecule has 1 aliphatic rings. The number of esters is 1. The number of nitrogens with zero attached hydrogens (tertiary/aromatic N) is 2. The van der Waals surface area contributed by atoms with E-state index in [4.69, 9.17) is 9.47 Å². The van der Waals surface area contributed by atoms with Crippen molar-refractivity contribution in [1.29, 1.82) is 0 Å². The van der Waals surface area contributed by atoms with Crippen molar-refractivity contribution in [3.63, 3.8) is 0 Å². The van der Waals surface area contributed by atoms with Gasteiger partial charge in [-0.05, 0) is 30.7 Å². The smallest absolute Gasteiger partial charge is 0.318 e. The molecule has 0 unspecified atom stereocenters. The fraction of sp³-hybridized carbons (Fsp3) is 0.130. The van der Waals surface area contributed by atoms with Gasteiger partial charge in [-0.2, -0.15) is 0 Å². The molecule has 5 rings (SSSR count). The first-order valence-corrected chi connectivity index (χ1v) is 9.16. The molecule has 0 atom stereocenters. The Morgan fingerprint density at radius 2 is 1.71 bits per heavy atom. The second-order valence-electron chi connectivity index (χ2n) is 6.87. The van der Waals surface area contributed by atoms with Gasteiger partial charge >= 0.3 is 5.97 Å². The average Bonchev–Trinajstić information content (AvgIpc) is 3.15. The van der Waals surface area contributed by atoms with Crippen LogP contribution in [0.3, 0.4) is 0 Å². The molecule has 5 nitrogen and oxygen atoms in total. The van der Waals surface area contributed by atoms with Crippen LogP contribution in [-0.2, 0) is 16.1 Å². The van der Waals surface area contributed by atoms with Gasteiger partial charge in [0.05, 0.1) is 5.69 Å². The molecule has 0 aliphatic carbocycles. The van der Waals surface area contributed by atoms with Gasteiger partial charge in [0.25, 0.3) is 0 Å². The van der Waals surface area contributed by atoms with Crippen molar-refractivity contribution in [2.75, 3.05) is 0 Å². The molecule has 4 aromatic rings. The monoisotopic (exact) mass is 370 g/mol. The van der Waals surface area contributed by atoms with Crippen LogP contribution < -0.4 is 4.74 Å². The Labute approximate surface area is 162 Å². The molecule has 0 N–H and O–H groups in total. The number of pyridine rings is 1. The standard InChI is InChI=1S/C23H18N2O3/c1-15-7-6-12-25-13-16(24-22(15)25)14-27-23(26)21-17-8-2-4-10-19(17)28-20-11-5-3-9-18(20)21/h2-13,21H,14H2,1H3. The molecule has 0 radical (unpaired) electrons. The zero-order valence-corrected chi connectivity index (χ0v) is 15.3. The van der Waals surface area contributed by atoms with Gasteiger partial charge in [-0.15, -0.1) is 0 Å². The maximum Gasteiger partial charge on any atom is 0.318 e. The van der Waals surface area contributed by atoms with Gasteiger partial charge in [-0.1, -0.05) is 42.5 Å². The number of carbonyl (C=O) groups excluding carboxylic acids is 1. The topological polar surface area (TPSA) is 52.8 Å². The van der Waals surface area contributed by atoms with E-state index in [9.17, 15) is 4.79 Å². The molecule has 0 spiro atoms. The fourth-order valence-corrected chi connectivity index (χ4v) is 3.67. The van der Waals surface area contributed by atoms with Crippen LogP contribution >= 0.6 is 0 Å². The number of aromatic nitrogens is 2. The van der Waals surface area contributed by atoms with Gasteiger partial charge in [-0.3, -0.25) is 4.79 Å². The average molecular weight is 370 g/mol. The van der Waals surface area contributed by atoms with Crippen LogP contribution in [0.2, 0.25) is 0 Å².